The minimum atomic E-state index is -2.20. The first-order chi connectivity index (χ1) is 13.1. The summed E-state index contributed by atoms with van der Waals surface area (Å²) in [5.41, 5.74) is 7.90. The van der Waals surface area contributed by atoms with Crippen LogP contribution in [0.3, 0.4) is 0 Å². The Hall–Kier alpha value is -0.279. The summed E-state index contributed by atoms with van der Waals surface area (Å²) in [5, 5.41) is 3.21. The molecule has 166 valence electrons. The Labute approximate surface area is 221 Å². The second-order valence-electron chi connectivity index (χ2n) is 9.08. The molecule has 2 aromatic carbocycles. The van der Waals surface area contributed by atoms with Gasteiger partial charge in [0.2, 0.25) is 0 Å². The van der Waals surface area contributed by atoms with Gasteiger partial charge in [-0.25, -0.2) is 0 Å². The molecule has 0 amide bonds. The number of hydrogen-bond donors (Lipinski definition) is 0. The Morgan fingerprint density at radius 3 is 1.61 bits per heavy atom. The fraction of sp³-hybridized carbons (Fsp3) is 0.385. The van der Waals surface area contributed by atoms with E-state index in [9.17, 15) is 0 Å². The van der Waals surface area contributed by atoms with Crippen molar-refractivity contribution in [2.45, 2.75) is 66.0 Å². The van der Waals surface area contributed by atoms with Crippen LogP contribution < -0.4 is 47.6 Å². The molecule has 3 rings (SSSR count). The van der Waals surface area contributed by atoms with E-state index in [0.29, 0.717) is 5.54 Å². The molecule has 0 spiro atoms. The molecule has 1 aliphatic rings. The normalized spacial score (nSPS) is 20.1. The van der Waals surface area contributed by atoms with Crippen molar-refractivity contribution in [3.05, 3.63) is 80.3 Å². The predicted octanol–water partition coefficient (Wildman–Crippen LogP) is -2.78. The summed E-state index contributed by atoms with van der Waals surface area (Å²) in [5.74, 6) is 0. The summed E-state index contributed by atoms with van der Waals surface area (Å²) < 4.78 is 1.57. The van der Waals surface area contributed by atoms with Crippen LogP contribution in [0.15, 0.2) is 69.1 Å². The van der Waals surface area contributed by atoms with E-state index in [0.717, 1.165) is 0 Å². The van der Waals surface area contributed by atoms with Crippen LogP contribution in [-0.4, -0.2) is 8.07 Å². The first-order valence-corrected chi connectivity index (χ1v) is 13.2. The number of allylic oxidation sites excluding steroid dienone is 4. The Kier molecular flexibility index (Phi) is 11.1. The van der Waals surface area contributed by atoms with Gasteiger partial charge in [-0.2, -0.15) is 0 Å². The predicted molar refractivity (Wildman–Crippen MR) is 122 cm³/mol. The minimum absolute atomic E-state index is 0. The quantitative estimate of drug-likeness (QED) is 0.378. The van der Waals surface area contributed by atoms with Crippen molar-refractivity contribution in [1.29, 1.82) is 0 Å². The third-order valence-electron chi connectivity index (χ3n) is 7.31. The van der Waals surface area contributed by atoms with E-state index in [1.807, 2.05) is 0 Å². The van der Waals surface area contributed by atoms with E-state index < -0.39 is 8.07 Å². The summed E-state index contributed by atoms with van der Waals surface area (Å²) in [6.45, 7) is 19.0. The largest absolute Gasteiger partial charge is 1.00 e. The molecule has 0 heterocycles. The summed E-state index contributed by atoms with van der Waals surface area (Å²) >= 11 is 2.39. The molecule has 31 heavy (non-hydrogen) atoms. The van der Waals surface area contributed by atoms with Crippen LogP contribution >= 0.6 is 0 Å². The number of benzene rings is 2. The average Bonchev–Trinajstić information content (AvgIpc) is 2.78. The van der Waals surface area contributed by atoms with Gasteiger partial charge in [0, 0.05) is 0 Å². The molecule has 0 aliphatic heterocycles. The fourth-order valence-electron chi connectivity index (χ4n) is 5.79. The van der Waals surface area contributed by atoms with Crippen LogP contribution in [0, 0.1) is 13.8 Å². The van der Waals surface area contributed by atoms with Crippen molar-refractivity contribution in [3.8, 4) is 0 Å². The summed E-state index contributed by atoms with van der Waals surface area (Å²) in [7, 11) is -2.20. The van der Waals surface area contributed by atoms with E-state index in [2.05, 4.69) is 124 Å². The molecule has 0 radical (unpaired) electrons. The summed E-state index contributed by atoms with van der Waals surface area (Å²) in [6, 6.07) is 18.7. The van der Waals surface area contributed by atoms with Gasteiger partial charge < -0.3 is 37.2 Å². The minimum Gasteiger partial charge on any atom is -1.00 e. The van der Waals surface area contributed by atoms with Crippen LogP contribution in [0.4, 0.5) is 0 Å². The van der Waals surface area contributed by atoms with E-state index in [1.165, 1.54) is 22.3 Å². The van der Waals surface area contributed by atoms with Gasteiger partial charge in [-0.15, -0.1) is 0 Å². The maximum absolute atomic E-state index is 2.55. The van der Waals surface area contributed by atoms with Crippen LogP contribution in [-0.2, 0) is 20.4 Å². The molecule has 0 fully saturated rings. The van der Waals surface area contributed by atoms with E-state index in [4.69, 9.17) is 0 Å². The number of hydrogen-bond acceptors (Lipinski definition) is 0. The van der Waals surface area contributed by atoms with E-state index in [-0.39, 0.29) is 42.3 Å². The second kappa shape index (κ2) is 11.2. The molecule has 2 unspecified atom stereocenters. The average molecular weight is 528 g/mol. The van der Waals surface area contributed by atoms with Crippen molar-refractivity contribution >= 4 is 18.4 Å². The Morgan fingerprint density at radius 1 is 0.742 bits per heavy atom. The van der Waals surface area contributed by atoms with Crippen molar-refractivity contribution in [2.24, 2.45) is 0 Å². The van der Waals surface area contributed by atoms with Crippen LogP contribution in [0.2, 0.25) is 10.6 Å². The van der Waals surface area contributed by atoms with Crippen molar-refractivity contribution < 1.29 is 57.7 Å². The first kappa shape index (κ1) is 30.7. The molecule has 2 aromatic rings. The molecule has 5 heteroatoms. The first-order valence-electron chi connectivity index (χ1n) is 10.3. The maximum Gasteiger partial charge on any atom is -1.00 e. The second-order valence-corrected chi connectivity index (χ2v) is 14.8. The molecule has 0 saturated heterocycles. The van der Waals surface area contributed by atoms with Gasteiger partial charge in [-0.3, -0.25) is 0 Å². The molecule has 0 saturated carbocycles. The molecule has 0 bridgehead atoms. The zero-order valence-corrected chi connectivity index (χ0v) is 24.7. The van der Waals surface area contributed by atoms with Gasteiger partial charge >= 0.3 is 185 Å². The zero-order valence-electron chi connectivity index (χ0n) is 19.8. The molecular weight excluding hydrogens is 495 g/mol. The number of rotatable bonds is 4. The van der Waals surface area contributed by atoms with Crippen molar-refractivity contribution in [3.63, 3.8) is 0 Å². The molecule has 0 N–H and O–H groups in total. The van der Waals surface area contributed by atoms with Crippen LogP contribution in [0.1, 0.15) is 52.7 Å². The SMILES string of the molecule is CC1=C(C)C(C)([Si](c2ccccc2)(c2cc(C)cc(C)c2)C(C)C)[C]([Ti+3])=C1C.[Cl-].[Cl-].[Cl-]. The topological polar surface area (TPSA) is 0 Å². The smallest absolute Gasteiger partial charge is 1.00 e. The summed E-state index contributed by atoms with van der Waals surface area (Å²) in [6.07, 6.45) is 0. The van der Waals surface area contributed by atoms with Gasteiger partial charge in [-0.05, 0) is 0 Å². The Balaban J connectivity index is 0.00000300. The molecular formula is C26H33Cl3SiTi. The maximum atomic E-state index is 2.55. The summed E-state index contributed by atoms with van der Waals surface area (Å²) in [4.78, 5) is 0. The fourth-order valence-corrected chi connectivity index (χ4v) is 14.3. The van der Waals surface area contributed by atoms with Crippen LogP contribution in [0.5, 0.6) is 0 Å². The Morgan fingerprint density at radius 2 is 1.23 bits per heavy atom. The third-order valence-corrected chi connectivity index (χ3v) is 15.4. The number of aryl methyl sites for hydroxylation is 2. The van der Waals surface area contributed by atoms with Gasteiger partial charge in [0.15, 0.2) is 0 Å². The van der Waals surface area contributed by atoms with Crippen molar-refractivity contribution in [1.82, 2.24) is 0 Å². The van der Waals surface area contributed by atoms with Gasteiger partial charge in [0.1, 0.15) is 0 Å². The molecule has 0 aromatic heterocycles. The standard InChI is InChI=1S/C26H33Si.3ClH.Ti/c1-18(2)27(24-12-10-9-11-13-24,25-15-19(3)14-20(4)16-25)26(8)17-21(5)22(6)23(26)7;;;;/h9-16,18H,1-8H3;3*1H;/q;;;;+3/p-3. The van der Waals surface area contributed by atoms with Crippen molar-refractivity contribution in [2.75, 3.05) is 0 Å². The number of halogens is 3. The monoisotopic (exact) mass is 526 g/mol. The zero-order chi connectivity index (χ0) is 20.9. The molecule has 2 atom stereocenters. The van der Waals surface area contributed by atoms with Crippen LogP contribution in [0.25, 0.3) is 0 Å². The van der Waals surface area contributed by atoms with E-state index in [1.54, 1.807) is 19.8 Å². The van der Waals surface area contributed by atoms with Gasteiger partial charge in [-0.1, -0.05) is 0 Å². The molecule has 0 nitrogen and oxygen atoms in total. The Bertz CT molecular complexity index is 935. The van der Waals surface area contributed by atoms with Gasteiger partial charge in [0.05, 0.1) is 0 Å². The van der Waals surface area contributed by atoms with E-state index >= 15 is 0 Å². The van der Waals surface area contributed by atoms with Gasteiger partial charge in [0.25, 0.3) is 0 Å². The molecule has 1 aliphatic carbocycles. The third kappa shape index (κ3) is 4.57.